The van der Waals surface area contributed by atoms with E-state index < -0.39 is 11.9 Å². The van der Waals surface area contributed by atoms with Crippen LogP contribution in [0, 0.1) is 13.8 Å². The normalized spacial score (nSPS) is 22.4. The first-order valence-electron chi connectivity index (χ1n) is 22.2. The number of ether oxygens (including phenoxy) is 20. The van der Waals surface area contributed by atoms with E-state index in [1.165, 1.54) is 36.4 Å². The minimum absolute atomic E-state index is 0.00271. The summed E-state index contributed by atoms with van der Waals surface area (Å²) in [6.45, 7) is 8.04. The maximum atomic E-state index is 13.9. The Morgan fingerprint density at radius 3 is 0.868 bits per heavy atom. The maximum Gasteiger partial charge on any atom is 0.343 e. The summed E-state index contributed by atoms with van der Waals surface area (Å²) in [7, 11) is 0. The Bertz CT molecular complexity index is 1930. The zero-order chi connectivity index (χ0) is 46.7. The Morgan fingerprint density at radius 2 is 0.632 bits per heavy atom. The molecule has 9 rings (SSSR count). The van der Waals surface area contributed by atoms with E-state index in [9.17, 15) is 9.59 Å². The molecular weight excluding hydrogens is 904 g/mol. The monoisotopic (exact) mass is 958 g/mol. The van der Waals surface area contributed by atoms with Crippen LogP contribution in [0.4, 0.5) is 0 Å². The third-order valence-corrected chi connectivity index (χ3v) is 10.6. The van der Waals surface area contributed by atoms with Crippen LogP contribution in [0.2, 0.25) is 0 Å². The summed E-state index contributed by atoms with van der Waals surface area (Å²) >= 11 is 0. The third-order valence-electron chi connectivity index (χ3n) is 10.6. The molecule has 6 saturated heterocycles. The minimum Gasteiger partial charge on any atom is -0.463 e. The highest BCUT2D eigenvalue weighted by Gasteiger charge is 2.29. The van der Waals surface area contributed by atoms with Crippen molar-refractivity contribution in [2.24, 2.45) is 0 Å². The molecule has 3 aromatic rings. The molecule has 0 N–H and O–H groups in total. The van der Waals surface area contributed by atoms with E-state index in [-0.39, 0.29) is 135 Å². The predicted molar refractivity (Wildman–Crippen MR) is 226 cm³/mol. The van der Waals surface area contributed by atoms with Gasteiger partial charge in [0, 0.05) is 0 Å². The standard InChI is InChI=1S/C46H54O22/c1-27-28(2)38(68-46(48)30-7-41(63-23-51-11-33-17-57-33)44(66-26-54-14-36-20-60-36)42(8-30)64-24-52-12-34-18-58-34)4-3-37(27)67-45(47)29-5-39(61-21-49-9-31-15-55-31)43(65-25-53-13-35-19-59-35)40(6-29)62-22-50-10-32-16-56-32/h3-8,31-36H,9-26H2,1-2H3. The molecule has 68 heavy (non-hydrogen) atoms. The van der Waals surface area contributed by atoms with Gasteiger partial charge in [-0.1, -0.05) is 0 Å². The van der Waals surface area contributed by atoms with Crippen LogP contribution in [-0.4, -0.2) is 169 Å². The molecule has 6 atom stereocenters. The number of rotatable bonds is 34. The highest BCUT2D eigenvalue weighted by molar-refractivity contribution is 5.94. The Balaban J connectivity index is 0.898. The molecule has 0 spiro atoms. The van der Waals surface area contributed by atoms with E-state index in [2.05, 4.69) is 0 Å². The Hall–Kier alpha value is -5.08. The van der Waals surface area contributed by atoms with E-state index in [1.54, 1.807) is 13.8 Å². The lowest BCUT2D eigenvalue weighted by molar-refractivity contribution is -0.0148. The number of hydrogen-bond donors (Lipinski definition) is 0. The lowest BCUT2D eigenvalue weighted by Crippen LogP contribution is -2.16. The fourth-order valence-electron chi connectivity index (χ4n) is 6.10. The summed E-state index contributed by atoms with van der Waals surface area (Å²) in [5.41, 5.74) is 1.15. The SMILES string of the molecule is Cc1c(OC(=O)c2cc(OCOCC3CO3)c(OCOCC3CO3)c(OCOCC3CO3)c2)ccc(OC(=O)c2cc(OCOCC3CO3)c(OCOCC3CO3)c(OCOCC3CO3)c2)c1C. The van der Waals surface area contributed by atoms with Crippen molar-refractivity contribution in [1.29, 1.82) is 0 Å². The van der Waals surface area contributed by atoms with E-state index in [0.717, 1.165) is 0 Å². The lowest BCUT2D eigenvalue weighted by Gasteiger charge is -2.19. The Kier molecular flexibility index (Phi) is 16.6. The second-order valence-electron chi connectivity index (χ2n) is 16.2. The van der Waals surface area contributed by atoms with Gasteiger partial charge in [-0.3, -0.25) is 0 Å². The number of carbonyl (C=O) groups excluding carboxylic acids is 2. The minimum atomic E-state index is -0.754. The highest BCUT2D eigenvalue weighted by Crippen LogP contribution is 2.42. The molecule has 22 heteroatoms. The summed E-state index contributed by atoms with van der Waals surface area (Å²) in [5.74, 6) is -0.319. The second-order valence-corrected chi connectivity index (χ2v) is 16.2. The molecule has 6 fully saturated rings. The molecule has 6 aliphatic heterocycles. The van der Waals surface area contributed by atoms with E-state index >= 15 is 0 Å². The van der Waals surface area contributed by atoms with Crippen LogP contribution >= 0.6 is 0 Å². The van der Waals surface area contributed by atoms with Crippen molar-refractivity contribution in [3.8, 4) is 46.0 Å². The molecule has 6 aliphatic rings. The summed E-state index contributed by atoms with van der Waals surface area (Å²) in [6, 6.07) is 8.84. The number of epoxide rings is 6. The van der Waals surface area contributed by atoms with Crippen LogP contribution in [-0.2, 0) is 56.8 Å². The quantitative estimate of drug-likeness (QED) is 0.0274. The summed E-state index contributed by atoms with van der Waals surface area (Å²) in [5, 5.41) is 0. The van der Waals surface area contributed by atoms with Crippen LogP contribution in [0.5, 0.6) is 46.0 Å². The summed E-state index contributed by atoms with van der Waals surface area (Å²) < 4.78 is 113. The molecule has 370 valence electrons. The van der Waals surface area contributed by atoms with E-state index in [4.69, 9.17) is 94.7 Å². The molecule has 0 saturated carbocycles. The van der Waals surface area contributed by atoms with Gasteiger partial charge in [-0.2, -0.15) is 0 Å². The van der Waals surface area contributed by atoms with Crippen molar-refractivity contribution in [2.45, 2.75) is 50.5 Å². The predicted octanol–water partition coefficient (Wildman–Crippen LogP) is 3.25. The van der Waals surface area contributed by atoms with Gasteiger partial charge in [0.1, 0.15) is 48.1 Å². The zero-order valence-corrected chi connectivity index (χ0v) is 37.6. The van der Waals surface area contributed by atoms with Gasteiger partial charge >= 0.3 is 11.9 Å². The van der Waals surface area contributed by atoms with Gasteiger partial charge in [0.15, 0.2) is 63.8 Å². The van der Waals surface area contributed by atoms with Crippen molar-refractivity contribution >= 4 is 11.9 Å². The van der Waals surface area contributed by atoms with Crippen molar-refractivity contribution in [3.05, 3.63) is 58.7 Å². The van der Waals surface area contributed by atoms with E-state index in [0.29, 0.717) is 90.4 Å². The fraction of sp³-hybridized carbons (Fsp3) is 0.565. The maximum absolute atomic E-state index is 13.9. The molecule has 0 aliphatic carbocycles. The number of benzene rings is 3. The van der Waals surface area contributed by atoms with Gasteiger partial charge in [-0.25, -0.2) is 9.59 Å². The second kappa shape index (κ2) is 23.5. The first-order chi connectivity index (χ1) is 33.3. The topological polar surface area (TPSA) is 239 Å². The first kappa shape index (κ1) is 48.0. The zero-order valence-electron chi connectivity index (χ0n) is 37.6. The van der Waals surface area contributed by atoms with Crippen molar-refractivity contribution in [2.75, 3.05) is 120 Å². The molecule has 6 heterocycles. The highest BCUT2D eigenvalue weighted by atomic mass is 16.7. The van der Waals surface area contributed by atoms with Crippen LogP contribution in [0.15, 0.2) is 36.4 Å². The van der Waals surface area contributed by atoms with Crippen LogP contribution in [0.3, 0.4) is 0 Å². The summed E-state index contributed by atoms with van der Waals surface area (Å²) in [4.78, 5) is 27.9. The number of carbonyl (C=O) groups is 2. The van der Waals surface area contributed by atoms with Gasteiger partial charge < -0.3 is 94.7 Å². The largest absolute Gasteiger partial charge is 0.463 e. The van der Waals surface area contributed by atoms with E-state index in [1.807, 2.05) is 0 Å². The van der Waals surface area contributed by atoms with Crippen LogP contribution in [0.1, 0.15) is 31.8 Å². The lowest BCUT2D eigenvalue weighted by atomic mass is 10.1. The van der Waals surface area contributed by atoms with Crippen LogP contribution < -0.4 is 37.9 Å². The van der Waals surface area contributed by atoms with Crippen molar-refractivity contribution in [1.82, 2.24) is 0 Å². The smallest absolute Gasteiger partial charge is 0.343 e. The molecule has 0 amide bonds. The first-order valence-corrected chi connectivity index (χ1v) is 22.2. The Labute approximate surface area is 390 Å². The van der Waals surface area contributed by atoms with Crippen LogP contribution in [0.25, 0.3) is 0 Å². The molecule has 6 unspecified atom stereocenters. The van der Waals surface area contributed by atoms with Gasteiger partial charge in [-0.05, 0) is 61.4 Å². The van der Waals surface area contributed by atoms with Gasteiger partial charge in [0.25, 0.3) is 0 Å². The molecule has 0 aromatic heterocycles. The van der Waals surface area contributed by atoms with Gasteiger partial charge in [-0.15, -0.1) is 0 Å². The molecule has 22 nitrogen and oxygen atoms in total. The fourth-order valence-corrected chi connectivity index (χ4v) is 6.10. The summed E-state index contributed by atoms with van der Waals surface area (Å²) in [6.07, 6.45) is 0.0418. The van der Waals surface area contributed by atoms with Crippen molar-refractivity contribution in [3.63, 3.8) is 0 Å². The molecule has 3 aromatic carbocycles. The number of hydrogen-bond acceptors (Lipinski definition) is 22. The average Bonchev–Trinajstić information content (AvgIpc) is 4.11. The molecule has 0 bridgehead atoms. The Morgan fingerprint density at radius 1 is 0.397 bits per heavy atom. The number of esters is 2. The molecule has 0 radical (unpaired) electrons. The average molecular weight is 959 g/mol. The van der Waals surface area contributed by atoms with Gasteiger partial charge in [0.2, 0.25) is 11.5 Å². The molecular formula is C46H54O22. The third kappa shape index (κ3) is 15.2. The van der Waals surface area contributed by atoms with Gasteiger partial charge in [0.05, 0.1) is 90.4 Å². The van der Waals surface area contributed by atoms with Crippen molar-refractivity contribution < 1.29 is 104 Å².